The summed E-state index contributed by atoms with van der Waals surface area (Å²) >= 11 is 0. The molecule has 0 aromatic carbocycles. The van der Waals surface area contributed by atoms with Crippen LogP contribution in [0.25, 0.3) is 0 Å². The predicted molar refractivity (Wildman–Crippen MR) is 63.5 cm³/mol. The van der Waals surface area contributed by atoms with Crippen molar-refractivity contribution in [2.45, 2.75) is 6.54 Å². The first kappa shape index (κ1) is 11.8. The highest BCUT2D eigenvalue weighted by Gasteiger charge is 2.16. The van der Waals surface area contributed by atoms with Gasteiger partial charge >= 0.3 is 6.03 Å². The lowest BCUT2D eigenvalue weighted by Gasteiger charge is -2.26. The Balaban J connectivity index is 1.92. The van der Waals surface area contributed by atoms with E-state index in [0.717, 1.165) is 5.56 Å². The Morgan fingerprint density at radius 3 is 2.82 bits per heavy atom. The number of carbonyl (C=O) groups excluding carboxylic acids is 1. The summed E-state index contributed by atoms with van der Waals surface area (Å²) in [6.07, 6.45) is 1.66. The molecule has 2 rings (SSSR count). The highest BCUT2D eigenvalue weighted by molar-refractivity contribution is 5.88. The highest BCUT2D eigenvalue weighted by atomic mass is 16.5. The van der Waals surface area contributed by atoms with E-state index in [1.54, 1.807) is 17.2 Å². The minimum absolute atomic E-state index is 0.138. The van der Waals surface area contributed by atoms with E-state index < -0.39 is 0 Å². The van der Waals surface area contributed by atoms with Crippen molar-refractivity contribution in [3.05, 3.63) is 23.9 Å². The van der Waals surface area contributed by atoms with Gasteiger partial charge in [0.25, 0.3) is 0 Å². The predicted octanol–water partition coefficient (Wildman–Crippen LogP) is 0.404. The van der Waals surface area contributed by atoms with E-state index >= 15 is 0 Å². The molecule has 0 radical (unpaired) electrons. The molecule has 2 amide bonds. The quantitative estimate of drug-likeness (QED) is 0.779. The number of morpholine rings is 1. The zero-order valence-electron chi connectivity index (χ0n) is 9.56. The summed E-state index contributed by atoms with van der Waals surface area (Å²) in [5, 5.41) is 2.74. The molecule has 0 bridgehead atoms. The molecule has 6 heteroatoms. The number of ether oxygens (including phenoxy) is 1. The number of carbonyl (C=O) groups is 1. The second kappa shape index (κ2) is 5.60. The van der Waals surface area contributed by atoms with Gasteiger partial charge in [0, 0.05) is 25.8 Å². The molecule has 0 aliphatic carbocycles. The van der Waals surface area contributed by atoms with Gasteiger partial charge in [-0.05, 0) is 11.6 Å². The molecule has 3 N–H and O–H groups in total. The highest BCUT2D eigenvalue weighted by Crippen LogP contribution is 2.06. The minimum Gasteiger partial charge on any atom is -0.378 e. The summed E-state index contributed by atoms with van der Waals surface area (Å²) in [6.45, 7) is 2.87. The molecule has 0 unspecified atom stereocenters. The van der Waals surface area contributed by atoms with Crippen LogP contribution in [0, 0.1) is 0 Å². The SMILES string of the molecule is NCc1ccc(NC(=O)N2CCOCC2)nc1. The van der Waals surface area contributed by atoms with Gasteiger partial charge in [-0.3, -0.25) is 5.32 Å². The van der Waals surface area contributed by atoms with Gasteiger partial charge in [0.1, 0.15) is 5.82 Å². The number of rotatable bonds is 2. The largest absolute Gasteiger partial charge is 0.378 e. The van der Waals surface area contributed by atoms with E-state index in [1.807, 2.05) is 6.07 Å². The standard InChI is InChI=1S/C11H16N4O2/c12-7-9-1-2-10(13-8-9)14-11(16)15-3-5-17-6-4-15/h1-2,8H,3-7,12H2,(H,13,14,16). The number of nitrogens with two attached hydrogens (primary N) is 1. The van der Waals surface area contributed by atoms with Crippen molar-refractivity contribution in [1.29, 1.82) is 0 Å². The molecule has 0 saturated carbocycles. The van der Waals surface area contributed by atoms with Gasteiger partial charge in [-0.1, -0.05) is 6.07 Å². The Morgan fingerprint density at radius 2 is 2.24 bits per heavy atom. The van der Waals surface area contributed by atoms with Gasteiger partial charge in [0.15, 0.2) is 0 Å². The van der Waals surface area contributed by atoms with Crippen molar-refractivity contribution < 1.29 is 9.53 Å². The van der Waals surface area contributed by atoms with Crippen molar-refractivity contribution in [3.63, 3.8) is 0 Å². The molecule has 1 aliphatic rings. The summed E-state index contributed by atoms with van der Waals surface area (Å²) in [4.78, 5) is 17.6. The van der Waals surface area contributed by atoms with Crippen molar-refractivity contribution in [2.75, 3.05) is 31.6 Å². The first-order chi connectivity index (χ1) is 8.29. The number of pyridine rings is 1. The molecule has 1 aromatic rings. The molecule has 17 heavy (non-hydrogen) atoms. The van der Waals surface area contributed by atoms with Gasteiger partial charge in [-0.25, -0.2) is 9.78 Å². The Labute approximate surface area is 99.8 Å². The van der Waals surface area contributed by atoms with E-state index in [1.165, 1.54) is 0 Å². The molecular formula is C11H16N4O2. The summed E-state index contributed by atoms with van der Waals surface area (Å²) in [5.74, 6) is 0.540. The summed E-state index contributed by atoms with van der Waals surface area (Å²) < 4.78 is 5.18. The average molecular weight is 236 g/mol. The van der Waals surface area contributed by atoms with Crippen LogP contribution in [-0.4, -0.2) is 42.2 Å². The van der Waals surface area contributed by atoms with Gasteiger partial charge in [-0.2, -0.15) is 0 Å². The van der Waals surface area contributed by atoms with Crippen molar-refractivity contribution in [2.24, 2.45) is 5.73 Å². The first-order valence-corrected chi connectivity index (χ1v) is 5.58. The number of aromatic nitrogens is 1. The normalized spacial score (nSPS) is 15.7. The van der Waals surface area contributed by atoms with E-state index in [2.05, 4.69) is 10.3 Å². The number of hydrogen-bond acceptors (Lipinski definition) is 4. The number of amides is 2. The second-order valence-electron chi connectivity index (χ2n) is 3.79. The van der Waals surface area contributed by atoms with E-state index in [4.69, 9.17) is 10.5 Å². The van der Waals surface area contributed by atoms with Crippen LogP contribution in [0.3, 0.4) is 0 Å². The third-order valence-corrected chi connectivity index (χ3v) is 2.59. The monoisotopic (exact) mass is 236 g/mol. The van der Waals surface area contributed by atoms with Crippen LogP contribution < -0.4 is 11.1 Å². The second-order valence-corrected chi connectivity index (χ2v) is 3.79. The Bertz CT molecular complexity index is 374. The fraction of sp³-hybridized carbons (Fsp3) is 0.455. The van der Waals surface area contributed by atoms with Gasteiger partial charge in [0.2, 0.25) is 0 Å². The van der Waals surface area contributed by atoms with Gasteiger partial charge in [-0.15, -0.1) is 0 Å². The van der Waals surface area contributed by atoms with Crippen LogP contribution in [0.15, 0.2) is 18.3 Å². The maximum absolute atomic E-state index is 11.8. The molecule has 92 valence electrons. The zero-order chi connectivity index (χ0) is 12.1. The van der Waals surface area contributed by atoms with Crippen molar-refractivity contribution >= 4 is 11.8 Å². The van der Waals surface area contributed by atoms with E-state index in [-0.39, 0.29) is 6.03 Å². The van der Waals surface area contributed by atoms with Crippen LogP contribution in [0.4, 0.5) is 10.6 Å². The average Bonchev–Trinajstić information content (AvgIpc) is 2.40. The maximum Gasteiger partial charge on any atom is 0.323 e. The third kappa shape index (κ3) is 3.15. The molecule has 1 saturated heterocycles. The first-order valence-electron chi connectivity index (χ1n) is 5.58. The van der Waals surface area contributed by atoms with Crippen LogP contribution in [0.5, 0.6) is 0 Å². The summed E-state index contributed by atoms with van der Waals surface area (Å²) in [7, 11) is 0. The van der Waals surface area contributed by atoms with Crippen molar-refractivity contribution in [3.8, 4) is 0 Å². The molecule has 2 heterocycles. The lowest BCUT2D eigenvalue weighted by molar-refractivity contribution is 0.0564. The lowest BCUT2D eigenvalue weighted by atomic mass is 10.3. The van der Waals surface area contributed by atoms with Gasteiger partial charge < -0.3 is 15.4 Å². The third-order valence-electron chi connectivity index (χ3n) is 2.59. The van der Waals surface area contributed by atoms with Crippen LogP contribution in [0.1, 0.15) is 5.56 Å². The fourth-order valence-electron chi connectivity index (χ4n) is 1.57. The van der Waals surface area contributed by atoms with E-state index in [9.17, 15) is 4.79 Å². The minimum atomic E-state index is -0.138. The zero-order valence-corrected chi connectivity index (χ0v) is 9.56. The molecule has 1 aliphatic heterocycles. The maximum atomic E-state index is 11.8. The molecule has 6 nitrogen and oxygen atoms in total. The topological polar surface area (TPSA) is 80.5 Å². The summed E-state index contributed by atoms with van der Waals surface area (Å²) in [6, 6.07) is 3.46. The van der Waals surface area contributed by atoms with Gasteiger partial charge in [0.05, 0.1) is 13.2 Å². The van der Waals surface area contributed by atoms with E-state index in [0.29, 0.717) is 38.7 Å². The Morgan fingerprint density at radius 1 is 1.47 bits per heavy atom. The fourth-order valence-corrected chi connectivity index (χ4v) is 1.57. The molecule has 0 spiro atoms. The smallest absolute Gasteiger partial charge is 0.323 e. The molecule has 1 fully saturated rings. The van der Waals surface area contributed by atoms with Crippen LogP contribution >= 0.6 is 0 Å². The van der Waals surface area contributed by atoms with Crippen LogP contribution in [-0.2, 0) is 11.3 Å². The number of hydrogen-bond donors (Lipinski definition) is 2. The van der Waals surface area contributed by atoms with Crippen LogP contribution in [0.2, 0.25) is 0 Å². The number of urea groups is 1. The Hall–Kier alpha value is -1.66. The summed E-state index contributed by atoms with van der Waals surface area (Å²) in [5.41, 5.74) is 6.41. The number of nitrogens with one attached hydrogen (secondary N) is 1. The molecular weight excluding hydrogens is 220 g/mol. The number of anilines is 1. The Kier molecular flexibility index (Phi) is 3.89. The lowest BCUT2D eigenvalue weighted by Crippen LogP contribution is -2.43. The number of nitrogens with zero attached hydrogens (tertiary/aromatic N) is 2. The molecule has 0 atom stereocenters. The van der Waals surface area contributed by atoms with Crippen molar-refractivity contribution in [1.82, 2.24) is 9.88 Å². The molecule has 1 aromatic heterocycles.